The van der Waals surface area contributed by atoms with Crippen LogP contribution in [-0.4, -0.2) is 40.7 Å². The third-order valence-electron chi connectivity index (χ3n) is 5.34. The van der Waals surface area contributed by atoms with Gasteiger partial charge in [0.2, 0.25) is 5.91 Å². The summed E-state index contributed by atoms with van der Waals surface area (Å²) in [6, 6.07) is 5.55. The third-order valence-corrected chi connectivity index (χ3v) is 5.34. The van der Waals surface area contributed by atoms with Gasteiger partial charge in [0, 0.05) is 37.6 Å². The molecule has 1 aliphatic rings. The average Bonchev–Trinajstić information content (AvgIpc) is 3.18. The van der Waals surface area contributed by atoms with Gasteiger partial charge in [-0.05, 0) is 55.2 Å². The lowest BCUT2D eigenvalue weighted by Crippen LogP contribution is -2.42. The Morgan fingerprint density at radius 2 is 2.22 bits per heavy atom. The van der Waals surface area contributed by atoms with Crippen LogP contribution < -0.4 is 15.8 Å². The smallest absolute Gasteiger partial charge is 0.237 e. The summed E-state index contributed by atoms with van der Waals surface area (Å²) < 4.78 is 20.5. The van der Waals surface area contributed by atoms with Crippen LogP contribution in [0.15, 0.2) is 53.8 Å². The number of pyridine rings is 1. The molecule has 166 valence electrons. The zero-order valence-corrected chi connectivity index (χ0v) is 17.9. The number of aryl methyl sites for hydroxylation is 1. The number of hydrogen-bond acceptors (Lipinski definition) is 5. The fourth-order valence-corrected chi connectivity index (χ4v) is 3.65. The Hall–Kier alpha value is -3.52. The molecule has 7 nitrogen and oxygen atoms in total. The van der Waals surface area contributed by atoms with E-state index in [-0.39, 0.29) is 18.1 Å². The number of carbonyl (C=O) groups is 1. The number of halogens is 1. The molecule has 8 heteroatoms. The lowest BCUT2D eigenvalue weighted by atomic mass is 10.1. The molecule has 3 heterocycles. The number of aromatic amines is 1. The number of dihydropyridines is 1. The van der Waals surface area contributed by atoms with Gasteiger partial charge in [0.1, 0.15) is 11.4 Å². The molecule has 1 aliphatic heterocycles. The molecular weight excluding hydrogens is 409 g/mol. The number of ether oxygens (including phenoxy) is 1. The van der Waals surface area contributed by atoms with Gasteiger partial charge in [-0.15, -0.1) is 0 Å². The van der Waals surface area contributed by atoms with Crippen LogP contribution in [0, 0.1) is 12.7 Å². The maximum absolute atomic E-state index is 14.7. The molecule has 4 N–H and O–H groups in total. The number of H-pyrrole nitrogens is 1. The first kappa shape index (κ1) is 21.7. The molecule has 1 amide bonds. The van der Waals surface area contributed by atoms with Gasteiger partial charge < -0.3 is 20.8 Å². The molecule has 1 atom stereocenters. The highest BCUT2D eigenvalue weighted by Gasteiger charge is 2.16. The molecule has 0 aliphatic carbocycles. The molecule has 0 radical (unpaired) electrons. The molecule has 1 aromatic carbocycles. The number of nitrogens with two attached hydrogens (primary N) is 1. The van der Waals surface area contributed by atoms with Crippen molar-refractivity contribution in [1.29, 1.82) is 0 Å². The first-order valence-electron chi connectivity index (χ1n) is 10.6. The lowest BCUT2D eigenvalue weighted by molar-refractivity contribution is -0.122. The Morgan fingerprint density at radius 1 is 1.34 bits per heavy atom. The van der Waals surface area contributed by atoms with Crippen molar-refractivity contribution in [3.05, 3.63) is 65.8 Å². The number of nitrogens with one attached hydrogen (secondary N) is 2. The number of amides is 1. The van der Waals surface area contributed by atoms with E-state index in [1.165, 1.54) is 6.07 Å². The van der Waals surface area contributed by atoms with Crippen LogP contribution in [0.25, 0.3) is 11.0 Å². The van der Waals surface area contributed by atoms with Crippen molar-refractivity contribution in [3.63, 3.8) is 0 Å². The van der Waals surface area contributed by atoms with E-state index in [9.17, 15) is 9.18 Å². The van der Waals surface area contributed by atoms with E-state index in [0.717, 1.165) is 29.6 Å². The second-order valence-corrected chi connectivity index (χ2v) is 7.79. The zero-order valence-electron chi connectivity index (χ0n) is 17.9. The minimum Gasteiger partial charge on any atom is -0.453 e. The van der Waals surface area contributed by atoms with Crippen molar-refractivity contribution >= 4 is 22.7 Å². The summed E-state index contributed by atoms with van der Waals surface area (Å²) in [7, 11) is 0. The number of rotatable bonds is 8. The molecular formula is C24H26FN5O2. The normalized spacial score (nSPS) is 14.3. The summed E-state index contributed by atoms with van der Waals surface area (Å²) in [5, 5.41) is 3.63. The summed E-state index contributed by atoms with van der Waals surface area (Å²) in [6.45, 7) is 3.19. The fraction of sp³-hybridized carbons (Fsp3) is 0.292. The Labute approximate surface area is 185 Å². The quantitative estimate of drug-likeness (QED) is 0.503. The van der Waals surface area contributed by atoms with E-state index in [1.807, 2.05) is 19.2 Å². The van der Waals surface area contributed by atoms with Crippen molar-refractivity contribution in [3.8, 4) is 11.5 Å². The van der Waals surface area contributed by atoms with Gasteiger partial charge in [-0.2, -0.15) is 0 Å². The zero-order chi connectivity index (χ0) is 22.5. The summed E-state index contributed by atoms with van der Waals surface area (Å²) in [6.07, 6.45) is 9.34. The van der Waals surface area contributed by atoms with E-state index in [2.05, 4.69) is 26.4 Å². The maximum Gasteiger partial charge on any atom is 0.237 e. The highest BCUT2D eigenvalue weighted by atomic mass is 19.1. The lowest BCUT2D eigenvalue weighted by Gasteiger charge is -2.14. The predicted octanol–water partition coefficient (Wildman–Crippen LogP) is 3.58. The van der Waals surface area contributed by atoms with E-state index in [0.29, 0.717) is 29.9 Å². The monoisotopic (exact) mass is 435 g/mol. The van der Waals surface area contributed by atoms with Gasteiger partial charge in [-0.25, -0.2) is 9.37 Å². The SMILES string of the molecule is Cc1c[nH]c2nccc(Oc3ccc(CC(N)C(=O)NCCC4=NCCC=C4)cc3F)c12. The van der Waals surface area contributed by atoms with Crippen molar-refractivity contribution < 1.29 is 13.9 Å². The number of nitrogens with zero attached hydrogens (tertiary/aromatic N) is 2. The van der Waals surface area contributed by atoms with Crippen molar-refractivity contribution in [1.82, 2.24) is 15.3 Å². The van der Waals surface area contributed by atoms with Crippen LogP contribution >= 0.6 is 0 Å². The highest BCUT2D eigenvalue weighted by Crippen LogP contribution is 2.32. The number of hydrogen-bond donors (Lipinski definition) is 3. The van der Waals surface area contributed by atoms with Gasteiger partial charge >= 0.3 is 0 Å². The highest BCUT2D eigenvalue weighted by molar-refractivity contribution is 5.96. The Bertz CT molecular complexity index is 1180. The third kappa shape index (κ3) is 5.03. The number of carbonyl (C=O) groups excluding carboxylic acids is 1. The second-order valence-electron chi connectivity index (χ2n) is 7.79. The van der Waals surface area contributed by atoms with Crippen LogP contribution in [0.5, 0.6) is 11.5 Å². The topological polar surface area (TPSA) is 105 Å². The van der Waals surface area contributed by atoms with Crippen LogP contribution in [-0.2, 0) is 11.2 Å². The van der Waals surface area contributed by atoms with E-state index >= 15 is 0 Å². The predicted molar refractivity (Wildman–Crippen MR) is 123 cm³/mol. The summed E-state index contributed by atoms with van der Waals surface area (Å²) in [5.41, 5.74) is 9.27. The summed E-state index contributed by atoms with van der Waals surface area (Å²) in [4.78, 5) is 24.0. The molecule has 0 saturated carbocycles. The molecule has 1 unspecified atom stereocenters. The van der Waals surface area contributed by atoms with Gasteiger partial charge in [-0.3, -0.25) is 9.79 Å². The minimum atomic E-state index is -0.771. The minimum absolute atomic E-state index is 0.0983. The molecule has 3 aromatic rings. The van der Waals surface area contributed by atoms with E-state index < -0.39 is 11.9 Å². The number of aromatic nitrogens is 2. The summed E-state index contributed by atoms with van der Waals surface area (Å²) in [5.74, 6) is -0.168. The van der Waals surface area contributed by atoms with Crippen LogP contribution in [0.3, 0.4) is 0 Å². The maximum atomic E-state index is 14.7. The van der Waals surface area contributed by atoms with Crippen LogP contribution in [0.1, 0.15) is 24.0 Å². The number of benzene rings is 1. The molecule has 0 spiro atoms. The standard InChI is InChI=1S/C24H26FN5O2/c1-15-14-30-23-22(15)21(8-11-28-23)32-20-6-5-16(12-18(20)25)13-19(26)24(31)29-10-7-17-4-2-3-9-27-17/h2,4-6,8,11-12,14,19H,3,7,9-10,13,26H2,1H3,(H,28,30)(H,29,31). The summed E-state index contributed by atoms with van der Waals surface area (Å²) >= 11 is 0. The fourth-order valence-electron chi connectivity index (χ4n) is 3.65. The number of fused-ring (bicyclic) bond motifs is 1. The molecule has 32 heavy (non-hydrogen) atoms. The van der Waals surface area contributed by atoms with Crippen molar-refractivity contribution in [2.45, 2.75) is 32.2 Å². The van der Waals surface area contributed by atoms with Crippen LogP contribution in [0.4, 0.5) is 4.39 Å². The Kier molecular flexibility index (Phi) is 6.61. The van der Waals surface area contributed by atoms with Crippen LogP contribution in [0.2, 0.25) is 0 Å². The number of allylic oxidation sites excluding steroid dienone is 1. The van der Waals surface area contributed by atoms with Gasteiger partial charge in [0.25, 0.3) is 0 Å². The van der Waals surface area contributed by atoms with Crippen molar-refractivity contribution in [2.24, 2.45) is 10.7 Å². The van der Waals surface area contributed by atoms with Crippen molar-refractivity contribution in [2.75, 3.05) is 13.1 Å². The molecule has 0 bridgehead atoms. The van der Waals surface area contributed by atoms with Gasteiger partial charge in [0.15, 0.2) is 11.6 Å². The molecule has 0 fully saturated rings. The van der Waals surface area contributed by atoms with Gasteiger partial charge in [0.05, 0.1) is 11.4 Å². The first-order valence-corrected chi connectivity index (χ1v) is 10.6. The Morgan fingerprint density at radius 3 is 3.00 bits per heavy atom. The molecule has 2 aromatic heterocycles. The molecule has 0 saturated heterocycles. The largest absolute Gasteiger partial charge is 0.453 e. The number of aliphatic imine (C=N–C) groups is 1. The first-order chi connectivity index (χ1) is 15.5. The average molecular weight is 436 g/mol. The second kappa shape index (κ2) is 9.74. The molecule has 4 rings (SSSR count). The van der Waals surface area contributed by atoms with Gasteiger partial charge in [-0.1, -0.05) is 12.1 Å². The van der Waals surface area contributed by atoms with E-state index in [4.69, 9.17) is 10.5 Å². The Balaban J connectivity index is 1.35. The van der Waals surface area contributed by atoms with E-state index in [1.54, 1.807) is 24.4 Å².